The molecule has 2 unspecified atom stereocenters. The standard InChI is InChI=1S/C25H24N2O4/c1-2-22(28)18-8-13(23(29)9-16-19-10-30-11-20(16)19)7-17-21(12-31-24(17)18)14-3-5-26-25-15(14)4-6-27-25/h3-8,16,19-21H,2,9-12H2,1H3,(H,26,27)/t16?,19-,20+,21?. The van der Waals surface area contributed by atoms with E-state index in [-0.39, 0.29) is 17.5 Å². The van der Waals surface area contributed by atoms with Crippen molar-refractivity contribution in [3.8, 4) is 5.75 Å². The van der Waals surface area contributed by atoms with Gasteiger partial charge in [0, 0.05) is 47.7 Å². The molecule has 0 bridgehead atoms. The number of rotatable bonds is 6. The minimum absolute atomic E-state index is 0.00441. The van der Waals surface area contributed by atoms with Gasteiger partial charge in [-0.1, -0.05) is 6.92 Å². The number of hydrogen-bond donors (Lipinski definition) is 1. The molecule has 31 heavy (non-hydrogen) atoms. The second-order valence-corrected chi connectivity index (χ2v) is 8.88. The Kier molecular flexibility index (Phi) is 4.25. The lowest BCUT2D eigenvalue weighted by Gasteiger charge is -2.13. The Morgan fingerprint density at radius 3 is 2.74 bits per heavy atom. The van der Waals surface area contributed by atoms with Gasteiger partial charge in [0.05, 0.1) is 25.4 Å². The molecule has 6 heteroatoms. The van der Waals surface area contributed by atoms with Crippen LogP contribution < -0.4 is 4.74 Å². The minimum atomic E-state index is -0.0406. The first-order chi connectivity index (χ1) is 15.2. The van der Waals surface area contributed by atoms with Crippen LogP contribution in [0.2, 0.25) is 0 Å². The van der Waals surface area contributed by atoms with E-state index in [4.69, 9.17) is 9.47 Å². The molecule has 1 aliphatic carbocycles. The zero-order valence-corrected chi connectivity index (χ0v) is 17.4. The van der Waals surface area contributed by atoms with Crippen LogP contribution in [0, 0.1) is 17.8 Å². The molecular formula is C25H24N2O4. The molecular weight excluding hydrogens is 392 g/mol. The first-order valence-electron chi connectivity index (χ1n) is 11.0. The number of benzene rings is 1. The zero-order chi connectivity index (χ0) is 21.1. The molecule has 1 saturated heterocycles. The molecule has 1 saturated carbocycles. The Labute approximate surface area is 180 Å². The summed E-state index contributed by atoms with van der Waals surface area (Å²) in [4.78, 5) is 33.5. The summed E-state index contributed by atoms with van der Waals surface area (Å²) in [5.74, 6) is 2.19. The molecule has 0 radical (unpaired) electrons. The monoisotopic (exact) mass is 416 g/mol. The van der Waals surface area contributed by atoms with Crippen LogP contribution in [0.4, 0.5) is 0 Å². The molecule has 2 fully saturated rings. The van der Waals surface area contributed by atoms with Gasteiger partial charge in [0.25, 0.3) is 0 Å². The van der Waals surface area contributed by atoms with Gasteiger partial charge in [-0.05, 0) is 47.6 Å². The van der Waals surface area contributed by atoms with Gasteiger partial charge in [-0.3, -0.25) is 9.59 Å². The van der Waals surface area contributed by atoms with E-state index in [0.29, 0.717) is 54.1 Å². The van der Waals surface area contributed by atoms with E-state index >= 15 is 0 Å². The van der Waals surface area contributed by atoms with E-state index in [1.807, 2.05) is 31.3 Å². The van der Waals surface area contributed by atoms with Gasteiger partial charge >= 0.3 is 0 Å². The Hall–Kier alpha value is -2.99. The Morgan fingerprint density at radius 2 is 1.94 bits per heavy atom. The highest BCUT2D eigenvalue weighted by molar-refractivity contribution is 6.04. The number of pyridine rings is 1. The maximum atomic E-state index is 13.2. The summed E-state index contributed by atoms with van der Waals surface area (Å²) in [6.45, 7) is 3.84. The minimum Gasteiger partial charge on any atom is -0.492 e. The van der Waals surface area contributed by atoms with Gasteiger partial charge < -0.3 is 14.5 Å². The molecule has 2 aromatic heterocycles. The fourth-order valence-electron chi connectivity index (χ4n) is 5.42. The van der Waals surface area contributed by atoms with Crippen LogP contribution in [0.3, 0.4) is 0 Å². The van der Waals surface area contributed by atoms with Crippen molar-refractivity contribution in [1.82, 2.24) is 9.97 Å². The SMILES string of the molecule is CCC(=O)c1cc(C(=O)CC2[C@H]3COC[C@@H]23)cc2c1OCC2c1ccnc2[nH]ccc12. The first-order valence-corrected chi connectivity index (χ1v) is 11.0. The molecule has 0 spiro atoms. The first kappa shape index (κ1) is 18.8. The summed E-state index contributed by atoms with van der Waals surface area (Å²) in [6.07, 6.45) is 4.56. The molecule has 1 N–H and O–H groups in total. The molecule has 2 aliphatic heterocycles. The number of carbonyl (C=O) groups excluding carboxylic acids is 2. The van der Waals surface area contributed by atoms with Gasteiger partial charge in [-0.15, -0.1) is 0 Å². The van der Waals surface area contributed by atoms with Crippen molar-refractivity contribution in [2.45, 2.75) is 25.7 Å². The van der Waals surface area contributed by atoms with Gasteiger partial charge in [0.2, 0.25) is 0 Å². The summed E-state index contributed by atoms with van der Waals surface area (Å²) in [7, 11) is 0. The Morgan fingerprint density at radius 1 is 1.10 bits per heavy atom. The molecule has 6 nitrogen and oxygen atoms in total. The molecule has 158 valence electrons. The number of ketones is 2. The van der Waals surface area contributed by atoms with E-state index in [0.717, 1.165) is 35.4 Å². The highest BCUT2D eigenvalue weighted by Gasteiger charge is 2.54. The van der Waals surface area contributed by atoms with Crippen molar-refractivity contribution >= 4 is 22.6 Å². The number of aromatic amines is 1. The number of hydrogen-bond acceptors (Lipinski definition) is 5. The van der Waals surface area contributed by atoms with E-state index in [9.17, 15) is 9.59 Å². The number of H-pyrrole nitrogens is 1. The fraction of sp³-hybridized carbons (Fsp3) is 0.400. The Bertz CT molecular complexity index is 1200. The fourth-order valence-corrected chi connectivity index (χ4v) is 5.42. The largest absolute Gasteiger partial charge is 0.492 e. The molecule has 4 heterocycles. The van der Waals surface area contributed by atoms with E-state index in [1.54, 1.807) is 12.3 Å². The number of aromatic nitrogens is 2. The quantitative estimate of drug-likeness (QED) is 0.611. The predicted molar refractivity (Wildman–Crippen MR) is 115 cm³/mol. The maximum Gasteiger partial charge on any atom is 0.166 e. The van der Waals surface area contributed by atoms with Crippen LogP contribution in [-0.2, 0) is 4.74 Å². The number of ether oxygens (including phenoxy) is 2. The number of carbonyl (C=O) groups is 2. The summed E-state index contributed by atoms with van der Waals surface area (Å²) < 4.78 is 11.5. The van der Waals surface area contributed by atoms with Crippen molar-refractivity contribution < 1.29 is 19.1 Å². The van der Waals surface area contributed by atoms with Crippen molar-refractivity contribution in [2.24, 2.45) is 17.8 Å². The van der Waals surface area contributed by atoms with Crippen molar-refractivity contribution in [3.05, 3.63) is 58.9 Å². The zero-order valence-electron chi connectivity index (χ0n) is 17.4. The van der Waals surface area contributed by atoms with Crippen molar-refractivity contribution in [2.75, 3.05) is 19.8 Å². The molecule has 1 aromatic carbocycles. The normalized spacial score (nSPS) is 25.8. The number of fused-ring (bicyclic) bond motifs is 3. The third kappa shape index (κ3) is 2.92. The van der Waals surface area contributed by atoms with E-state index in [1.165, 1.54) is 0 Å². The van der Waals surface area contributed by atoms with Crippen LogP contribution >= 0.6 is 0 Å². The summed E-state index contributed by atoms with van der Waals surface area (Å²) in [6, 6.07) is 7.72. The average molecular weight is 416 g/mol. The van der Waals surface area contributed by atoms with Crippen molar-refractivity contribution in [3.63, 3.8) is 0 Å². The average Bonchev–Trinajstić information content (AvgIpc) is 3.29. The van der Waals surface area contributed by atoms with E-state index < -0.39 is 0 Å². The molecule has 3 aliphatic rings. The van der Waals surface area contributed by atoms with E-state index in [2.05, 4.69) is 9.97 Å². The lowest BCUT2D eigenvalue weighted by Crippen LogP contribution is -2.09. The van der Waals surface area contributed by atoms with Crippen LogP contribution in [-0.4, -0.2) is 41.4 Å². The van der Waals surface area contributed by atoms with Gasteiger partial charge in [0.1, 0.15) is 11.4 Å². The Balaban J connectivity index is 1.40. The smallest absolute Gasteiger partial charge is 0.166 e. The highest BCUT2D eigenvalue weighted by atomic mass is 16.5. The van der Waals surface area contributed by atoms with Crippen LogP contribution in [0.1, 0.15) is 57.5 Å². The van der Waals surface area contributed by atoms with Crippen LogP contribution in [0.25, 0.3) is 11.0 Å². The van der Waals surface area contributed by atoms with Crippen LogP contribution in [0.15, 0.2) is 36.7 Å². The molecule has 3 aromatic rings. The predicted octanol–water partition coefficient (Wildman–Crippen LogP) is 4.15. The summed E-state index contributed by atoms with van der Waals surface area (Å²) in [5, 5.41) is 1.04. The van der Waals surface area contributed by atoms with Crippen LogP contribution in [0.5, 0.6) is 5.75 Å². The summed E-state index contributed by atoms with van der Waals surface area (Å²) >= 11 is 0. The second-order valence-electron chi connectivity index (χ2n) is 8.88. The number of nitrogens with one attached hydrogen (secondary N) is 1. The molecule has 6 rings (SSSR count). The maximum absolute atomic E-state index is 13.2. The lowest BCUT2D eigenvalue weighted by atomic mass is 9.87. The summed E-state index contributed by atoms with van der Waals surface area (Å²) in [5.41, 5.74) is 4.00. The molecule has 0 amide bonds. The van der Waals surface area contributed by atoms with Crippen molar-refractivity contribution in [1.29, 1.82) is 0 Å². The number of nitrogens with zero attached hydrogens (tertiary/aromatic N) is 1. The lowest BCUT2D eigenvalue weighted by molar-refractivity contribution is 0.0951. The topological polar surface area (TPSA) is 81.3 Å². The molecule has 4 atom stereocenters. The third-order valence-corrected chi connectivity index (χ3v) is 7.25. The van der Waals surface area contributed by atoms with Gasteiger partial charge in [0.15, 0.2) is 11.6 Å². The number of Topliss-reactive ketones (excluding diaryl/α,β-unsaturated/α-hetero) is 2. The highest BCUT2D eigenvalue weighted by Crippen LogP contribution is 2.53. The third-order valence-electron chi connectivity index (χ3n) is 7.25. The second kappa shape index (κ2) is 7.02. The van der Waals surface area contributed by atoms with Gasteiger partial charge in [-0.25, -0.2) is 4.98 Å². The van der Waals surface area contributed by atoms with Gasteiger partial charge in [-0.2, -0.15) is 0 Å².